The molecule has 0 radical (unpaired) electrons. The summed E-state index contributed by atoms with van der Waals surface area (Å²) >= 11 is 0. The van der Waals surface area contributed by atoms with Crippen molar-refractivity contribution in [1.82, 2.24) is 19.8 Å². The molecule has 0 saturated carbocycles. The first kappa shape index (κ1) is 19.3. The number of rotatable bonds is 2. The number of amides is 2. The van der Waals surface area contributed by atoms with Crippen LogP contribution in [0, 0.1) is 5.82 Å². The fourth-order valence-corrected chi connectivity index (χ4v) is 3.75. The molecular formula is C18H21ClFN5O2. The quantitative estimate of drug-likeness (QED) is 0.812. The molecule has 0 spiro atoms. The molecule has 1 saturated heterocycles. The van der Waals surface area contributed by atoms with E-state index in [2.05, 4.69) is 15.6 Å². The predicted octanol–water partition coefficient (Wildman–Crippen LogP) is 1.58. The van der Waals surface area contributed by atoms with E-state index in [-0.39, 0.29) is 36.7 Å². The highest BCUT2D eigenvalue weighted by Gasteiger charge is 2.38. The summed E-state index contributed by atoms with van der Waals surface area (Å²) in [5.41, 5.74) is 1.04. The van der Waals surface area contributed by atoms with Gasteiger partial charge in [-0.3, -0.25) is 9.59 Å². The molecule has 27 heavy (non-hydrogen) atoms. The van der Waals surface area contributed by atoms with Crippen LogP contribution in [-0.2, 0) is 16.6 Å². The summed E-state index contributed by atoms with van der Waals surface area (Å²) in [5.74, 6) is -0.650. The molecule has 1 aromatic carbocycles. The number of aryl methyl sites for hydroxylation is 1. The van der Waals surface area contributed by atoms with Crippen LogP contribution >= 0.6 is 12.4 Å². The molecule has 0 aliphatic carbocycles. The molecule has 2 atom stereocenters. The van der Waals surface area contributed by atoms with Crippen molar-refractivity contribution in [2.75, 3.05) is 25.0 Å². The molecule has 4 rings (SSSR count). The van der Waals surface area contributed by atoms with Gasteiger partial charge in [0.25, 0.3) is 0 Å². The van der Waals surface area contributed by atoms with E-state index in [1.54, 1.807) is 17.2 Å². The van der Waals surface area contributed by atoms with Gasteiger partial charge in [-0.25, -0.2) is 9.37 Å². The molecule has 144 valence electrons. The third-order valence-corrected chi connectivity index (χ3v) is 5.04. The van der Waals surface area contributed by atoms with Crippen molar-refractivity contribution in [3.8, 4) is 0 Å². The van der Waals surface area contributed by atoms with E-state index < -0.39 is 11.7 Å². The summed E-state index contributed by atoms with van der Waals surface area (Å²) in [6.07, 6.45) is 3.62. The van der Waals surface area contributed by atoms with E-state index in [1.165, 1.54) is 12.1 Å². The van der Waals surface area contributed by atoms with E-state index in [0.29, 0.717) is 30.9 Å². The normalized spacial score (nSPS) is 21.9. The zero-order valence-corrected chi connectivity index (χ0v) is 15.6. The number of carbonyl (C=O) groups excluding carboxylic acids is 2. The Bertz CT molecular complexity index is 871. The molecular weight excluding hydrogens is 373 g/mol. The number of halogens is 2. The maximum absolute atomic E-state index is 13.5. The van der Waals surface area contributed by atoms with Gasteiger partial charge in [0.1, 0.15) is 17.7 Å². The zero-order chi connectivity index (χ0) is 18.3. The van der Waals surface area contributed by atoms with Gasteiger partial charge in [0.05, 0.1) is 5.92 Å². The van der Waals surface area contributed by atoms with E-state index in [0.717, 1.165) is 5.82 Å². The Morgan fingerprint density at radius 1 is 1.37 bits per heavy atom. The molecule has 2 unspecified atom stereocenters. The highest BCUT2D eigenvalue weighted by Crippen LogP contribution is 2.36. The van der Waals surface area contributed by atoms with E-state index in [4.69, 9.17) is 0 Å². The largest absolute Gasteiger partial charge is 0.336 e. The molecule has 1 aromatic heterocycles. The predicted molar refractivity (Wildman–Crippen MR) is 100 cm³/mol. The Kier molecular flexibility index (Phi) is 5.48. The lowest BCUT2D eigenvalue weighted by Crippen LogP contribution is -2.51. The average molecular weight is 394 g/mol. The lowest BCUT2D eigenvalue weighted by atomic mass is 9.88. The molecule has 9 heteroatoms. The van der Waals surface area contributed by atoms with E-state index in [9.17, 15) is 14.0 Å². The van der Waals surface area contributed by atoms with Gasteiger partial charge in [0, 0.05) is 51.2 Å². The average Bonchev–Trinajstić information content (AvgIpc) is 3.06. The van der Waals surface area contributed by atoms with Crippen LogP contribution < -0.4 is 10.6 Å². The fraction of sp³-hybridized carbons (Fsp3) is 0.389. The molecule has 0 bridgehead atoms. The molecule has 2 aliphatic heterocycles. The topological polar surface area (TPSA) is 79.3 Å². The number of benzene rings is 1. The smallest absolute Gasteiger partial charge is 0.231 e. The zero-order valence-electron chi connectivity index (χ0n) is 14.8. The standard InChI is InChI=1S/C18H20FN5O2.ClH/c1-23-6-5-21-17(23)15-10-20-4-7-24(15)18(26)13-9-16(25)22-14-8-11(19)2-3-12(13)14;/h2-3,5-6,8,13,15,20H,4,7,9-10H2,1H3,(H,22,25);1H. The maximum atomic E-state index is 13.5. The first-order chi connectivity index (χ1) is 12.5. The van der Waals surface area contributed by atoms with Crippen LogP contribution in [0.2, 0.25) is 0 Å². The Balaban J connectivity index is 0.00000210. The van der Waals surface area contributed by atoms with Crippen molar-refractivity contribution in [2.45, 2.75) is 18.4 Å². The monoisotopic (exact) mass is 393 g/mol. The summed E-state index contributed by atoms with van der Waals surface area (Å²) in [7, 11) is 1.89. The summed E-state index contributed by atoms with van der Waals surface area (Å²) in [5, 5.41) is 5.96. The van der Waals surface area contributed by atoms with Gasteiger partial charge in [0.15, 0.2) is 0 Å². The number of hydrogen-bond acceptors (Lipinski definition) is 4. The van der Waals surface area contributed by atoms with Crippen LogP contribution in [0.1, 0.15) is 29.8 Å². The first-order valence-corrected chi connectivity index (χ1v) is 8.62. The molecule has 2 amide bonds. The molecule has 1 fully saturated rings. The minimum atomic E-state index is -0.611. The lowest BCUT2D eigenvalue weighted by molar-refractivity contribution is -0.138. The second-order valence-corrected chi connectivity index (χ2v) is 6.68. The van der Waals surface area contributed by atoms with Gasteiger partial charge < -0.3 is 20.1 Å². The number of aromatic nitrogens is 2. The van der Waals surface area contributed by atoms with Gasteiger partial charge in [-0.2, -0.15) is 0 Å². The number of imidazole rings is 1. The van der Waals surface area contributed by atoms with Gasteiger partial charge in [0.2, 0.25) is 11.8 Å². The minimum Gasteiger partial charge on any atom is -0.336 e. The number of anilines is 1. The van der Waals surface area contributed by atoms with Crippen molar-refractivity contribution < 1.29 is 14.0 Å². The van der Waals surface area contributed by atoms with E-state index in [1.807, 2.05) is 17.8 Å². The lowest BCUT2D eigenvalue weighted by Gasteiger charge is -2.38. The van der Waals surface area contributed by atoms with Crippen molar-refractivity contribution >= 4 is 29.9 Å². The molecule has 7 nitrogen and oxygen atoms in total. The summed E-state index contributed by atoms with van der Waals surface area (Å²) < 4.78 is 15.4. The maximum Gasteiger partial charge on any atom is 0.231 e. The Hall–Kier alpha value is -2.45. The van der Waals surface area contributed by atoms with Gasteiger partial charge in [-0.1, -0.05) is 6.07 Å². The summed E-state index contributed by atoms with van der Waals surface area (Å²) in [6, 6.07) is 3.97. The van der Waals surface area contributed by atoms with Crippen molar-refractivity contribution in [1.29, 1.82) is 0 Å². The molecule has 2 N–H and O–H groups in total. The van der Waals surface area contributed by atoms with Crippen molar-refractivity contribution in [3.05, 3.63) is 47.8 Å². The highest BCUT2D eigenvalue weighted by molar-refractivity contribution is 6.01. The van der Waals surface area contributed by atoms with Gasteiger partial charge in [-0.15, -0.1) is 12.4 Å². The van der Waals surface area contributed by atoms with E-state index >= 15 is 0 Å². The molecule has 2 aliphatic rings. The van der Waals surface area contributed by atoms with Crippen molar-refractivity contribution in [3.63, 3.8) is 0 Å². The first-order valence-electron chi connectivity index (χ1n) is 8.62. The summed E-state index contributed by atoms with van der Waals surface area (Å²) in [6.45, 7) is 1.82. The summed E-state index contributed by atoms with van der Waals surface area (Å²) in [4.78, 5) is 31.6. The second kappa shape index (κ2) is 7.66. The van der Waals surface area contributed by atoms with Gasteiger partial charge in [-0.05, 0) is 17.7 Å². The van der Waals surface area contributed by atoms with Gasteiger partial charge >= 0.3 is 0 Å². The third kappa shape index (κ3) is 3.54. The van der Waals surface area contributed by atoms with Crippen LogP contribution in [0.3, 0.4) is 0 Å². The fourth-order valence-electron chi connectivity index (χ4n) is 3.75. The number of nitrogens with one attached hydrogen (secondary N) is 2. The Morgan fingerprint density at radius 2 is 2.19 bits per heavy atom. The number of fused-ring (bicyclic) bond motifs is 1. The highest BCUT2D eigenvalue weighted by atomic mass is 35.5. The number of piperazine rings is 1. The number of carbonyl (C=O) groups is 2. The van der Waals surface area contributed by atoms with Crippen LogP contribution in [0.5, 0.6) is 0 Å². The van der Waals surface area contributed by atoms with Crippen LogP contribution in [-0.4, -0.2) is 45.9 Å². The van der Waals surface area contributed by atoms with Crippen LogP contribution in [0.15, 0.2) is 30.6 Å². The van der Waals surface area contributed by atoms with Crippen LogP contribution in [0.4, 0.5) is 10.1 Å². The Morgan fingerprint density at radius 3 is 2.93 bits per heavy atom. The minimum absolute atomic E-state index is 0. The second-order valence-electron chi connectivity index (χ2n) is 6.68. The van der Waals surface area contributed by atoms with Crippen LogP contribution in [0.25, 0.3) is 0 Å². The number of hydrogen-bond donors (Lipinski definition) is 2. The third-order valence-electron chi connectivity index (χ3n) is 5.04. The molecule has 2 aromatic rings. The Labute approximate surface area is 162 Å². The number of nitrogens with zero attached hydrogens (tertiary/aromatic N) is 3. The molecule has 3 heterocycles. The van der Waals surface area contributed by atoms with Crippen molar-refractivity contribution in [2.24, 2.45) is 7.05 Å². The SMILES string of the molecule is Cl.Cn1ccnc1C1CNCCN1C(=O)C1CC(=O)Nc2cc(F)ccc21.